The third-order valence-corrected chi connectivity index (χ3v) is 12.8. The Balaban J connectivity index is 1.32. The van der Waals surface area contributed by atoms with Crippen LogP contribution in [0.2, 0.25) is 0 Å². The van der Waals surface area contributed by atoms with E-state index in [1.165, 1.54) is 92.1 Å². The van der Waals surface area contributed by atoms with Gasteiger partial charge in [-0.2, -0.15) is 0 Å². The highest BCUT2D eigenvalue weighted by atomic mass is 14.9. The molecule has 0 spiro atoms. The van der Waals surface area contributed by atoms with E-state index in [9.17, 15) is 0 Å². The zero-order chi connectivity index (χ0) is 40.6. The lowest BCUT2D eigenvalue weighted by Crippen LogP contribution is -2.14. The van der Waals surface area contributed by atoms with Gasteiger partial charge in [0.05, 0.1) is 22.8 Å². The molecule has 60 heavy (non-hydrogen) atoms. The molecule has 8 aromatic rings. The van der Waals surface area contributed by atoms with Crippen LogP contribution in [-0.2, 0) is 0 Å². The fourth-order valence-electron chi connectivity index (χ4n) is 10.2. The summed E-state index contributed by atoms with van der Waals surface area (Å²) < 4.78 is 0. The predicted octanol–water partition coefficient (Wildman–Crippen LogP) is 15.0. The second-order valence-corrected chi connectivity index (χ2v) is 16.9. The van der Waals surface area contributed by atoms with Gasteiger partial charge in [-0.05, 0) is 89.4 Å². The molecule has 1 saturated carbocycles. The van der Waals surface area contributed by atoms with Crippen LogP contribution in [0.3, 0.4) is 0 Å². The van der Waals surface area contributed by atoms with Gasteiger partial charge in [-0.1, -0.05) is 206 Å². The Morgan fingerprint density at radius 2 is 0.850 bits per heavy atom. The first-order valence-electron chi connectivity index (χ1n) is 21.7. The number of rotatable bonds is 9. The number of hydrogen-bond donors (Lipinski definition) is 0. The van der Waals surface area contributed by atoms with Gasteiger partial charge in [0, 0.05) is 28.3 Å². The van der Waals surface area contributed by atoms with E-state index in [1.807, 2.05) is 0 Å². The minimum atomic E-state index is -0.0640. The lowest BCUT2D eigenvalue weighted by molar-refractivity contribution is 0.722. The Labute approximate surface area is 355 Å². The third kappa shape index (κ3) is 7.01. The van der Waals surface area contributed by atoms with Crippen LogP contribution in [0, 0.1) is 20.8 Å². The molecule has 0 atom stereocenters. The van der Waals surface area contributed by atoms with Gasteiger partial charge in [0.1, 0.15) is 0 Å². The van der Waals surface area contributed by atoms with Crippen molar-refractivity contribution in [2.75, 3.05) is 0 Å². The van der Waals surface area contributed by atoms with E-state index < -0.39 is 0 Å². The average Bonchev–Trinajstić information content (AvgIpc) is 3.93. The summed E-state index contributed by atoms with van der Waals surface area (Å²) in [6.45, 7) is 6.72. The molecule has 0 saturated heterocycles. The molecular formula is C58H50N2. The second kappa shape index (κ2) is 16.2. The van der Waals surface area contributed by atoms with Gasteiger partial charge in [-0.3, -0.25) is 0 Å². The number of benzene rings is 8. The van der Waals surface area contributed by atoms with Crippen LogP contribution in [-0.4, -0.2) is 11.4 Å². The molecule has 0 unspecified atom stereocenters. The molecule has 2 nitrogen and oxygen atoms in total. The summed E-state index contributed by atoms with van der Waals surface area (Å²) in [4.78, 5) is 12.0. The highest BCUT2D eigenvalue weighted by molar-refractivity contribution is 6.61. The van der Waals surface area contributed by atoms with E-state index >= 15 is 0 Å². The van der Waals surface area contributed by atoms with Crippen molar-refractivity contribution in [1.82, 2.24) is 0 Å². The van der Waals surface area contributed by atoms with Crippen LogP contribution >= 0.6 is 0 Å². The SMILES string of the molecule is Cc1cc(C)c(N=C2C(=Nc3c(C(c4ccccc4)c4ccccc4)cc(C)cc3C(c3ccccc3)c3ccccc3)c3cccc4cccc2c34)c(C2CCCC2)c1. The van der Waals surface area contributed by atoms with E-state index in [4.69, 9.17) is 9.98 Å². The number of aliphatic imine (C=N–C) groups is 2. The van der Waals surface area contributed by atoms with Gasteiger partial charge >= 0.3 is 0 Å². The van der Waals surface area contributed by atoms with Crippen molar-refractivity contribution >= 4 is 33.6 Å². The Bertz CT molecular complexity index is 2700. The summed E-state index contributed by atoms with van der Waals surface area (Å²) in [5.74, 6) is 0.393. The molecule has 0 aliphatic heterocycles. The van der Waals surface area contributed by atoms with Crippen molar-refractivity contribution in [3.05, 3.63) is 249 Å². The van der Waals surface area contributed by atoms with E-state index in [0.717, 1.165) is 33.9 Å². The highest BCUT2D eigenvalue weighted by Gasteiger charge is 2.32. The molecule has 10 rings (SSSR count). The van der Waals surface area contributed by atoms with Gasteiger partial charge in [-0.25, -0.2) is 9.98 Å². The van der Waals surface area contributed by atoms with E-state index in [-0.39, 0.29) is 11.8 Å². The Hall–Kier alpha value is -6.64. The summed E-state index contributed by atoms with van der Waals surface area (Å²) in [7, 11) is 0. The van der Waals surface area contributed by atoms with Crippen molar-refractivity contribution in [1.29, 1.82) is 0 Å². The van der Waals surface area contributed by atoms with Gasteiger partial charge in [-0.15, -0.1) is 0 Å². The first-order chi connectivity index (χ1) is 29.5. The molecule has 0 amide bonds. The largest absolute Gasteiger partial charge is 0.246 e. The normalized spacial score (nSPS) is 15.3. The predicted molar refractivity (Wildman–Crippen MR) is 252 cm³/mol. The molecule has 0 heterocycles. The summed E-state index contributed by atoms with van der Waals surface area (Å²) >= 11 is 0. The van der Waals surface area contributed by atoms with Crippen molar-refractivity contribution in [3.63, 3.8) is 0 Å². The Morgan fingerprint density at radius 1 is 0.433 bits per heavy atom. The monoisotopic (exact) mass is 774 g/mol. The molecule has 2 aliphatic rings. The third-order valence-electron chi connectivity index (χ3n) is 12.8. The summed E-state index contributed by atoms with van der Waals surface area (Å²) in [6.07, 6.45) is 4.98. The van der Waals surface area contributed by atoms with Crippen molar-refractivity contribution in [2.45, 2.75) is 64.2 Å². The maximum atomic E-state index is 6.12. The average molecular weight is 775 g/mol. The van der Waals surface area contributed by atoms with E-state index in [0.29, 0.717) is 5.92 Å². The Kier molecular flexibility index (Phi) is 10.2. The minimum absolute atomic E-state index is 0.0640. The molecule has 8 aromatic carbocycles. The molecule has 0 radical (unpaired) electrons. The van der Waals surface area contributed by atoms with Gasteiger partial charge in [0.2, 0.25) is 0 Å². The summed E-state index contributed by atoms with van der Waals surface area (Å²) in [5.41, 5.74) is 18.7. The molecule has 1 fully saturated rings. The lowest BCUT2D eigenvalue weighted by atomic mass is 9.78. The van der Waals surface area contributed by atoms with E-state index in [2.05, 4.69) is 203 Å². The van der Waals surface area contributed by atoms with Crippen LogP contribution in [0.4, 0.5) is 11.4 Å². The molecule has 292 valence electrons. The van der Waals surface area contributed by atoms with Crippen molar-refractivity contribution < 1.29 is 0 Å². The Morgan fingerprint density at radius 3 is 1.30 bits per heavy atom. The quantitative estimate of drug-likeness (QED) is 0.131. The molecular weight excluding hydrogens is 725 g/mol. The highest BCUT2D eigenvalue weighted by Crippen LogP contribution is 2.47. The summed E-state index contributed by atoms with van der Waals surface area (Å²) in [5, 5.41) is 2.44. The minimum Gasteiger partial charge on any atom is -0.246 e. The fraction of sp³-hybridized carbons (Fsp3) is 0.172. The van der Waals surface area contributed by atoms with Gasteiger partial charge < -0.3 is 0 Å². The number of aryl methyl sites for hydroxylation is 3. The zero-order valence-electron chi connectivity index (χ0n) is 34.8. The van der Waals surface area contributed by atoms with Crippen LogP contribution in [0.25, 0.3) is 10.8 Å². The van der Waals surface area contributed by atoms with Crippen molar-refractivity contribution in [3.8, 4) is 0 Å². The standard InChI is InChI=1S/C58H50N2/c1-38-34-40(3)55(49(35-38)41-20-16-17-21-41)59-57-47-32-18-30-46-31-19-33-48(54(46)47)58(57)60-56-50(52(42-22-8-4-9-23-42)43-24-10-5-11-25-43)36-39(2)37-51(56)53(44-26-12-6-13-27-44)45-28-14-7-15-29-45/h4-15,18-19,22-37,41,52-53H,16-17,20-21H2,1-3H3. The van der Waals surface area contributed by atoms with Gasteiger partial charge in [0.25, 0.3) is 0 Å². The van der Waals surface area contributed by atoms with Crippen LogP contribution in [0.1, 0.15) is 110 Å². The maximum absolute atomic E-state index is 6.12. The molecule has 0 bridgehead atoms. The van der Waals surface area contributed by atoms with E-state index in [1.54, 1.807) is 0 Å². The van der Waals surface area contributed by atoms with Crippen molar-refractivity contribution in [2.24, 2.45) is 9.98 Å². The first kappa shape index (κ1) is 37.6. The molecule has 0 N–H and O–H groups in total. The van der Waals surface area contributed by atoms with Crippen LogP contribution in [0.5, 0.6) is 0 Å². The zero-order valence-corrected chi connectivity index (χ0v) is 34.8. The fourth-order valence-corrected chi connectivity index (χ4v) is 10.2. The van der Waals surface area contributed by atoms with Crippen LogP contribution in [0.15, 0.2) is 192 Å². The smallest absolute Gasteiger partial charge is 0.0979 e. The lowest BCUT2D eigenvalue weighted by Gasteiger charge is -2.27. The molecule has 2 aliphatic carbocycles. The molecule has 0 aromatic heterocycles. The number of nitrogens with zero attached hydrogens (tertiary/aromatic N) is 2. The van der Waals surface area contributed by atoms with Crippen LogP contribution < -0.4 is 0 Å². The molecule has 2 heteroatoms. The second-order valence-electron chi connectivity index (χ2n) is 16.9. The van der Waals surface area contributed by atoms with Gasteiger partial charge in [0.15, 0.2) is 0 Å². The number of hydrogen-bond acceptors (Lipinski definition) is 2. The maximum Gasteiger partial charge on any atom is 0.0979 e. The summed E-state index contributed by atoms with van der Waals surface area (Å²) in [6, 6.07) is 66.8. The first-order valence-corrected chi connectivity index (χ1v) is 21.7. The topological polar surface area (TPSA) is 24.7 Å².